The lowest BCUT2D eigenvalue weighted by atomic mass is 9.79. The summed E-state index contributed by atoms with van der Waals surface area (Å²) in [6.07, 6.45) is 0. The van der Waals surface area contributed by atoms with E-state index in [0.717, 1.165) is 11.0 Å². The van der Waals surface area contributed by atoms with Crippen molar-refractivity contribution in [3.8, 4) is 11.5 Å². The topological polar surface area (TPSA) is 36.9 Å². The molecule has 0 radical (unpaired) electrons. The lowest BCUT2D eigenvalue weighted by molar-refractivity contribution is 0.00578. The van der Waals surface area contributed by atoms with Gasteiger partial charge in [-0.05, 0) is 63.8 Å². The molecule has 144 valence electrons. The molecule has 0 aromatic heterocycles. The minimum atomic E-state index is -0.426. The minimum Gasteiger partial charge on any atom is -0.490 e. The first-order valence-electron chi connectivity index (χ1n) is 9.15. The largest absolute Gasteiger partial charge is 0.494 e. The second-order valence-corrected chi connectivity index (χ2v) is 7.77. The van der Waals surface area contributed by atoms with E-state index in [1.807, 2.05) is 58.9 Å². The maximum Gasteiger partial charge on any atom is 0.494 e. The van der Waals surface area contributed by atoms with Crippen LogP contribution in [0, 0.1) is 12.7 Å². The summed E-state index contributed by atoms with van der Waals surface area (Å²) in [5.41, 5.74) is 1.03. The number of rotatable bonds is 6. The maximum atomic E-state index is 13.3. The molecule has 1 fully saturated rings. The number of halogens is 1. The Kier molecular flexibility index (Phi) is 5.49. The van der Waals surface area contributed by atoms with Gasteiger partial charge in [0.25, 0.3) is 0 Å². The first-order valence-corrected chi connectivity index (χ1v) is 9.15. The van der Waals surface area contributed by atoms with Gasteiger partial charge in [0.2, 0.25) is 0 Å². The van der Waals surface area contributed by atoms with E-state index in [-0.39, 0.29) is 17.0 Å². The van der Waals surface area contributed by atoms with Crippen molar-refractivity contribution in [2.24, 2.45) is 0 Å². The summed E-state index contributed by atoms with van der Waals surface area (Å²) >= 11 is 0. The van der Waals surface area contributed by atoms with Crippen LogP contribution in [0.15, 0.2) is 42.5 Å². The quantitative estimate of drug-likeness (QED) is 0.570. The van der Waals surface area contributed by atoms with Gasteiger partial charge in [-0.15, -0.1) is 0 Å². The highest BCUT2D eigenvalue weighted by Crippen LogP contribution is 2.36. The van der Waals surface area contributed by atoms with Crippen LogP contribution in [0.1, 0.15) is 33.3 Å². The molecule has 0 atom stereocenters. The molecule has 4 nitrogen and oxygen atoms in total. The number of hydrogen-bond donors (Lipinski definition) is 0. The first kappa shape index (κ1) is 19.7. The van der Waals surface area contributed by atoms with Gasteiger partial charge in [0.05, 0.1) is 11.2 Å². The zero-order chi connectivity index (χ0) is 19.7. The molecule has 6 heteroatoms. The third-order valence-electron chi connectivity index (χ3n) is 5.14. The molecule has 27 heavy (non-hydrogen) atoms. The molecule has 2 aromatic rings. The normalized spacial score (nSPS) is 17.8. The lowest BCUT2D eigenvalue weighted by Crippen LogP contribution is -2.41. The van der Waals surface area contributed by atoms with E-state index >= 15 is 0 Å². The minimum absolute atomic E-state index is 0.313. The van der Waals surface area contributed by atoms with Gasteiger partial charge in [-0.25, -0.2) is 4.39 Å². The Morgan fingerprint density at radius 2 is 1.59 bits per heavy atom. The monoisotopic (exact) mass is 372 g/mol. The Morgan fingerprint density at radius 3 is 2.30 bits per heavy atom. The smallest absolute Gasteiger partial charge is 0.490 e. The van der Waals surface area contributed by atoms with Crippen LogP contribution < -0.4 is 14.9 Å². The molecule has 0 unspecified atom stereocenters. The first-order chi connectivity index (χ1) is 12.7. The van der Waals surface area contributed by atoms with Gasteiger partial charge in [0.15, 0.2) is 0 Å². The Morgan fingerprint density at radius 1 is 0.926 bits per heavy atom. The van der Waals surface area contributed by atoms with Crippen LogP contribution in [0.3, 0.4) is 0 Å². The molecule has 0 spiro atoms. The third-order valence-corrected chi connectivity index (χ3v) is 5.14. The zero-order valence-electron chi connectivity index (χ0n) is 16.5. The SMILES string of the molecule is Cc1ccc(F)cc1OCCOc1cccc(B2OC(C)(C)C(C)(C)O2)c1. The number of ether oxygens (including phenoxy) is 2. The fourth-order valence-electron chi connectivity index (χ4n) is 2.77. The van der Waals surface area contributed by atoms with Gasteiger partial charge < -0.3 is 18.8 Å². The van der Waals surface area contributed by atoms with Crippen LogP contribution >= 0.6 is 0 Å². The molecule has 1 aliphatic heterocycles. The Labute approximate surface area is 160 Å². The zero-order valence-corrected chi connectivity index (χ0v) is 16.5. The molecule has 1 heterocycles. The van der Waals surface area contributed by atoms with E-state index < -0.39 is 7.12 Å². The molecule has 2 aromatic carbocycles. The lowest BCUT2D eigenvalue weighted by Gasteiger charge is -2.32. The van der Waals surface area contributed by atoms with Crippen LogP contribution in [0.2, 0.25) is 0 Å². The van der Waals surface area contributed by atoms with Crippen LogP contribution in [0.5, 0.6) is 11.5 Å². The third kappa shape index (κ3) is 4.45. The van der Waals surface area contributed by atoms with Crippen molar-refractivity contribution in [2.45, 2.75) is 45.8 Å². The highest BCUT2D eigenvalue weighted by atomic mass is 19.1. The molecule has 3 rings (SSSR count). The van der Waals surface area contributed by atoms with Gasteiger partial charge >= 0.3 is 7.12 Å². The van der Waals surface area contributed by atoms with Crippen LogP contribution in [0.4, 0.5) is 4.39 Å². The Bertz CT molecular complexity index is 791. The van der Waals surface area contributed by atoms with Crippen LogP contribution in [0.25, 0.3) is 0 Å². The molecule has 1 aliphatic rings. The summed E-state index contributed by atoms with van der Waals surface area (Å²) in [7, 11) is -0.426. The van der Waals surface area contributed by atoms with Crippen LogP contribution in [-0.2, 0) is 9.31 Å². The van der Waals surface area contributed by atoms with E-state index in [9.17, 15) is 4.39 Å². The molecule has 0 bridgehead atoms. The summed E-state index contributed by atoms with van der Waals surface area (Å²) in [6.45, 7) is 10.7. The summed E-state index contributed by atoms with van der Waals surface area (Å²) < 4.78 is 36.8. The summed E-state index contributed by atoms with van der Waals surface area (Å²) in [5, 5.41) is 0. The Balaban J connectivity index is 1.56. The summed E-state index contributed by atoms with van der Waals surface area (Å²) in [4.78, 5) is 0. The molecule has 0 aliphatic carbocycles. The fraction of sp³-hybridized carbons (Fsp3) is 0.429. The maximum absolute atomic E-state index is 13.3. The average molecular weight is 372 g/mol. The van der Waals surface area contributed by atoms with E-state index in [1.165, 1.54) is 12.1 Å². The second kappa shape index (κ2) is 7.53. The van der Waals surface area contributed by atoms with Gasteiger partial charge in [-0.3, -0.25) is 0 Å². The van der Waals surface area contributed by atoms with Crippen LogP contribution in [-0.4, -0.2) is 31.5 Å². The molecule has 1 saturated heterocycles. The van der Waals surface area contributed by atoms with Gasteiger partial charge in [0.1, 0.15) is 30.5 Å². The number of hydrogen-bond acceptors (Lipinski definition) is 4. The fourth-order valence-corrected chi connectivity index (χ4v) is 2.77. The highest BCUT2D eigenvalue weighted by Gasteiger charge is 2.51. The highest BCUT2D eigenvalue weighted by molar-refractivity contribution is 6.62. The van der Waals surface area contributed by atoms with Crippen molar-refractivity contribution in [3.63, 3.8) is 0 Å². The van der Waals surface area contributed by atoms with Crippen molar-refractivity contribution in [2.75, 3.05) is 13.2 Å². The van der Waals surface area contributed by atoms with Crippen molar-refractivity contribution >= 4 is 12.6 Å². The van der Waals surface area contributed by atoms with Crippen molar-refractivity contribution < 1.29 is 23.2 Å². The average Bonchev–Trinajstić information content (AvgIpc) is 2.83. The number of aryl methyl sites for hydroxylation is 1. The predicted octanol–water partition coefficient (Wildman–Crippen LogP) is 3.89. The van der Waals surface area contributed by atoms with Crippen molar-refractivity contribution in [1.29, 1.82) is 0 Å². The van der Waals surface area contributed by atoms with E-state index in [4.69, 9.17) is 18.8 Å². The molecule has 0 saturated carbocycles. The van der Waals surface area contributed by atoms with E-state index in [0.29, 0.717) is 24.7 Å². The van der Waals surface area contributed by atoms with E-state index in [2.05, 4.69) is 0 Å². The van der Waals surface area contributed by atoms with Crippen molar-refractivity contribution in [3.05, 3.63) is 53.8 Å². The second-order valence-electron chi connectivity index (χ2n) is 7.77. The molecule has 0 amide bonds. The van der Waals surface area contributed by atoms with Gasteiger partial charge in [-0.1, -0.05) is 18.2 Å². The van der Waals surface area contributed by atoms with Gasteiger partial charge in [0, 0.05) is 6.07 Å². The standard InChI is InChI=1S/C21H26BFO4/c1-15-9-10-17(23)14-19(15)25-12-11-24-18-8-6-7-16(13-18)22-26-20(2,3)21(4,5)27-22/h6-10,13-14H,11-12H2,1-5H3. The number of benzene rings is 2. The van der Waals surface area contributed by atoms with E-state index in [1.54, 1.807) is 6.07 Å². The molecule has 0 N–H and O–H groups in total. The summed E-state index contributed by atoms with van der Waals surface area (Å²) in [5.74, 6) is 0.929. The Hall–Kier alpha value is -2.05. The predicted molar refractivity (Wildman–Crippen MR) is 104 cm³/mol. The summed E-state index contributed by atoms with van der Waals surface area (Å²) in [6, 6.07) is 12.2. The van der Waals surface area contributed by atoms with Gasteiger partial charge in [-0.2, -0.15) is 0 Å². The van der Waals surface area contributed by atoms with Crippen molar-refractivity contribution in [1.82, 2.24) is 0 Å². The molecular weight excluding hydrogens is 346 g/mol. The molecular formula is C21H26BFO4.